The monoisotopic (exact) mass is 410 g/mol. The van der Waals surface area contributed by atoms with Crippen LogP contribution < -0.4 is 5.32 Å². The predicted molar refractivity (Wildman–Crippen MR) is 121 cm³/mol. The van der Waals surface area contributed by atoms with Crippen molar-refractivity contribution in [2.75, 3.05) is 18.1 Å². The number of thioether (sulfide) groups is 1. The molecule has 2 amide bonds. The Bertz CT molecular complexity index is 827. The fourth-order valence-electron chi connectivity index (χ4n) is 3.75. The Hall–Kier alpha value is -2.27. The van der Waals surface area contributed by atoms with Gasteiger partial charge in [0.05, 0.1) is 11.3 Å². The Morgan fingerprint density at radius 3 is 2.34 bits per heavy atom. The van der Waals surface area contributed by atoms with E-state index in [9.17, 15) is 9.59 Å². The number of nitrogens with zero attached hydrogens (tertiary/aromatic N) is 1. The fourth-order valence-corrected chi connectivity index (χ4v) is 4.59. The second-order valence-electron chi connectivity index (χ2n) is 7.76. The molecule has 0 aromatic heterocycles. The Kier molecular flexibility index (Phi) is 7.76. The van der Waals surface area contributed by atoms with E-state index in [0.717, 1.165) is 29.0 Å². The summed E-state index contributed by atoms with van der Waals surface area (Å²) < 4.78 is 0. The van der Waals surface area contributed by atoms with E-state index in [0.29, 0.717) is 11.6 Å². The number of hydrogen-bond donors (Lipinski definition) is 1. The lowest BCUT2D eigenvalue weighted by molar-refractivity contribution is -0.113. The van der Waals surface area contributed by atoms with E-state index in [4.69, 9.17) is 0 Å². The van der Waals surface area contributed by atoms with Gasteiger partial charge in [-0.05, 0) is 44.0 Å². The van der Waals surface area contributed by atoms with Gasteiger partial charge in [0, 0.05) is 23.7 Å². The SMILES string of the molecule is Cc1ccc(NC(=O)CSc2ccccc2C(=O)N(C)C2CCCCCC2)cc1. The average molecular weight is 411 g/mol. The third kappa shape index (κ3) is 6.10. The van der Waals surface area contributed by atoms with E-state index in [1.165, 1.54) is 37.4 Å². The summed E-state index contributed by atoms with van der Waals surface area (Å²) in [5, 5.41) is 2.91. The molecule has 154 valence electrons. The smallest absolute Gasteiger partial charge is 0.254 e. The van der Waals surface area contributed by atoms with Crippen molar-refractivity contribution in [1.82, 2.24) is 4.90 Å². The molecule has 0 atom stereocenters. The average Bonchev–Trinajstić information content (AvgIpc) is 3.03. The van der Waals surface area contributed by atoms with E-state index in [1.807, 2.05) is 67.4 Å². The molecule has 5 heteroatoms. The van der Waals surface area contributed by atoms with Crippen LogP contribution in [-0.4, -0.2) is 35.6 Å². The van der Waals surface area contributed by atoms with E-state index < -0.39 is 0 Å². The van der Waals surface area contributed by atoms with Crippen molar-refractivity contribution in [2.24, 2.45) is 0 Å². The summed E-state index contributed by atoms with van der Waals surface area (Å²) >= 11 is 1.41. The molecule has 4 nitrogen and oxygen atoms in total. The lowest BCUT2D eigenvalue weighted by atomic mass is 10.1. The molecular weight excluding hydrogens is 380 g/mol. The van der Waals surface area contributed by atoms with E-state index in [-0.39, 0.29) is 17.6 Å². The molecule has 1 saturated carbocycles. The van der Waals surface area contributed by atoms with Gasteiger partial charge in [0.1, 0.15) is 0 Å². The van der Waals surface area contributed by atoms with Crippen LogP contribution in [0.5, 0.6) is 0 Å². The molecule has 2 aromatic carbocycles. The zero-order chi connectivity index (χ0) is 20.6. The first-order valence-corrected chi connectivity index (χ1v) is 11.4. The highest BCUT2D eigenvalue weighted by Gasteiger charge is 2.24. The number of benzene rings is 2. The molecule has 1 aliphatic rings. The normalized spacial score (nSPS) is 14.8. The molecule has 0 heterocycles. The maximum Gasteiger partial charge on any atom is 0.254 e. The topological polar surface area (TPSA) is 49.4 Å². The quantitative estimate of drug-likeness (QED) is 0.504. The van der Waals surface area contributed by atoms with Crippen molar-refractivity contribution in [3.8, 4) is 0 Å². The number of hydrogen-bond acceptors (Lipinski definition) is 3. The fraction of sp³-hybridized carbons (Fsp3) is 0.417. The van der Waals surface area contributed by atoms with Crippen molar-refractivity contribution >= 4 is 29.3 Å². The number of rotatable bonds is 6. The van der Waals surface area contributed by atoms with Crippen LogP contribution in [0.1, 0.15) is 54.4 Å². The molecule has 0 radical (unpaired) electrons. The van der Waals surface area contributed by atoms with Gasteiger partial charge in [-0.3, -0.25) is 9.59 Å². The largest absolute Gasteiger partial charge is 0.339 e. The summed E-state index contributed by atoms with van der Waals surface area (Å²) in [5.41, 5.74) is 2.63. The first kappa shape index (κ1) is 21.4. The first-order chi connectivity index (χ1) is 14.0. The summed E-state index contributed by atoms with van der Waals surface area (Å²) in [4.78, 5) is 28.3. The third-order valence-corrected chi connectivity index (χ3v) is 6.58. The van der Waals surface area contributed by atoms with Crippen LogP contribution in [0.4, 0.5) is 5.69 Å². The van der Waals surface area contributed by atoms with Gasteiger partial charge in [-0.2, -0.15) is 0 Å². The summed E-state index contributed by atoms with van der Waals surface area (Å²) in [6.07, 6.45) is 7.07. The van der Waals surface area contributed by atoms with Crippen molar-refractivity contribution < 1.29 is 9.59 Å². The molecule has 0 bridgehead atoms. The van der Waals surface area contributed by atoms with Gasteiger partial charge in [0.2, 0.25) is 5.91 Å². The molecule has 1 fully saturated rings. The van der Waals surface area contributed by atoms with Gasteiger partial charge in [-0.1, -0.05) is 55.5 Å². The van der Waals surface area contributed by atoms with Gasteiger partial charge in [0.15, 0.2) is 0 Å². The van der Waals surface area contributed by atoms with Crippen molar-refractivity contribution in [1.29, 1.82) is 0 Å². The van der Waals surface area contributed by atoms with Gasteiger partial charge >= 0.3 is 0 Å². The van der Waals surface area contributed by atoms with Gasteiger partial charge in [-0.15, -0.1) is 11.8 Å². The standard InChI is InChI=1S/C24H30N2O2S/c1-18-13-15-19(16-14-18)25-23(27)17-29-22-12-8-7-11-21(22)24(28)26(2)20-9-5-3-4-6-10-20/h7-8,11-16,20H,3-6,9-10,17H2,1-2H3,(H,25,27). The number of nitrogens with one attached hydrogen (secondary N) is 1. The number of carbonyl (C=O) groups excluding carboxylic acids is 2. The van der Waals surface area contributed by atoms with Crippen LogP contribution in [-0.2, 0) is 4.79 Å². The molecule has 0 spiro atoms. The van der Waals surface area contributed by atoms with Crippen LogP contribution in [0.3, 0.4) is 0 Å². The maximum atomic E-state index is 13.2. The molecule has 2 aromatic rings. The minimum absolute atomic E-state index is 0.0546. The maximum absolute atomic E-state index is 13.2. The van der Waals surface area contributed by atoms with E-state index in [2.05, 4.69) is 5.32 Å². The number of anilines is 1. The lowest BCUT2D eigenvalue weighted by Gasteiger charge is -2.28. The molecule has 3 rings (SSSR count). The number of amides is 2. The highest BCUT2D eigenvalue weighted by Crippen LogP contribution is 2.27. The summed E-state index contributed by atoms with van der Waals surface area (Å²) in [6.45, 7) is 2.02. The molecule has 29 heavy (non-hydrogen) atoms. The van der Waals surface area contributed by atoms with Crippen LogP contribution >= 0.6 is 11.8 Å². The zero-order valence-electron chi connectivity index (χ0n) is 17.3. The Morgan fingerprint density at radius 1 is 1.00 bits per heavy atom. The van der Waals surface area contributed by atoms with Crippen LogP contribution in [0.15, 0.2) is 53.4 Å². The minimum Gasteiger partial charge on any atom is -0.339 e. The van der Waals surface area contributed by atoms with Gasteiger partial charge in [-0.25, -0.2) is 0 Å². The third-order valence-electron chi connectivity index (χ3n) is 5.50. The predicted octanol–water partition coefficient (Wildman–Crippen LogP) is 5.52. The summed E-state index contributed by atoms with van der Waals surface area (Å²) in [5.74, 6) is 0.253. The summed E-state index contributed by atoms with van der Waals surface area (Å²) in [6, 6.07) is 15.7. The van der Waals surface area contributed by atoms with Crippen LogP contribution in [0, 0.1) is 6.92 Å². The summed E-state index contributed by atoms with van der Waals surface area (Å²) in [7, 11) is 1.92. The number of carbonyl (C=O) groups is 2. The molecule has 0 aliphatic heterocycles. The minimum atomic E-state index is -0.0711. The second kappa shape index (κ2) is 10.5. The zero-order valence-corrected chi connectivity index (χ0v) is 18.1. The molecule has 1 aliphatic carbocycles. The van der Waals surface area contributed by atoms with E-state index in [1.54, 1.807) is 0 Å². The van der Waals surface area contributed by atoms with E-state index >= 15 is 0 Å². The Morgan fingerprint density at radius 2 is 1.66 bits per heavy atom. The molecular formula is C24H30N2O2S. The molecule has 0 saturated heterocycles. The number of aryl methyl sites for hydroxylation is 1. The second-order valence-corrected chi connectivity index (χ2v) is 8.78. The highest BCUT2D eigenvalue weighted by molar-refractivity contribution is 8.00. The van der Waals surface area contributed by atoms with Gasteiger partial charge in [0.25, 0.3) is 5.91 Å². The Labute approximate surface area is 178 Å². The molecule has 1 N–H and O–H groups in total. The lowest BCUT2D eigenvalue weighted by Crippen LogP contribution is -2.37. The van der Waals surface area contributed by atoms with Crippen molar-refractivity contribution in [3.05, 3.63) is 59.7 Å². The van der Waals surface area contributed by atoms with Crippen molar-refractivity contribution in [3.63, 3.8) is 0 Å². The first-order valence-electron chi connectivity index (χ1n) is 10.4. The van der Waals surface area contributed by atoms with Crippen molar-refractivity contribution in [2.45, 2.75) is 56.4 Å². The molecule has 0 unspecified atom stereocenters. The highest BCUT2D eigenvalue weighted by atomic mass is 32.2. The van der Waals surface area contributed by atoms with Crippen LogP contribution in [0.2, 0.25) is 0 Å². The van der Waals surface area contributed by atoms with Crippen LogP contribution in [0.25, 0.3) is 0 Å². The Balaban J connectivity index is 1.62. The van der Waals surface area contributed by atoms with Gasteiger partial charge < -0.3 is 10.2 Å².